The van der Waals surface area contributed by atoms with E-state index in [1.54, 1.807) is 4.68 Å². The van der Waals surface area contributed by atoms with Crippen LogP contribution in [0.15, 0.2) is 6.20 Å². The van der Waals surface area contributed by atoms with E-state index in [1.165, 1.54) is 0 Å². The van der Waals surface area contributed by atoms with Crippen molar-refractivity contribution < 1.29 is 9.53 Å². The molecule has 0 saturated carbocycles. The Labute approximate surface area is 94.0 Å². The summed E-state index contributed by atoms with van der Waals surface area (Å²) >= 11 is 0. The average Bonchev–Trinajstić information content (AvgIpc) is 2.60. The third kappa shape index (κ3) is 2.21. The zero-order valence-electron chi connectivity index (χ0n) is 9.56. The monoisotopic (exact) mass is 224 g/mol. The highest BCUT2D eigenvalue weighted by Gasteiger charge is 2.40. The molecule has 1 N–H and O–H groups in total. The molecule has 1 aliphatic rings. The largest absolute Gasteiger partial charge is 0.379 e. The van der Waals surface area contributed by atoms with Crippen LogP contribution in [0, 0.1) is 12.3 Å². The zero-order valence-corrected chi connectivity index (χ0v) is 9.56. The fourth-order valence-corrected chi connectivity index (χ4v) is 1.54. The van der Waals surface area contributed by atoms with Gasteiger partial charge in [-0.2, -0.15) is 0 Å². The van der Waals surface area contributed by atoms with E-state index < -0.39 is 0 Å². The molecule has 1 saturated heterocycles. The first kappa shape index (κ1) is 11.1. The predicted octanol–water partition coefficient (Wildman–Crippen LogP) is -0.261. The lowest BCUT2D eigenvalue weighted by atomic mass is 9.88. The van der Waals surface area contributed by atoms with E-state index in [1.807, 2.05) is 20.0 Å². The van der Waals surface area contributed by atoms with Gasteiger partial charge in [-0.1, -0.05) is 5.21 Å². The molecule has 0 unspecified atom stereocenters. The summed E-state index contributed by atoms with van der Waals surface area (Å²) in [6.07, 6.45) is 1.85. The molecule has 1 aromatic heterocycles. The molecule has 0 radical (unpaired) electrons. The summed E-state index contributed by atoms with van der Waals surface area (Å²) in [4.78, 5) is 11.7. The van der Waals surface area contributed by atoms with Crippen LogP contribution >= 0.6 is 0 Å². The molecule has 6 nitrogen and oxygen atoms in total. The second-order valence-electron chi connectivity index (χ2n) is 4.43. The van der Waals surface area contributed by atoms with Crippen LogP contribution in [0.2, 0.25) is 0 Å². The quantitative estimate of drug-likeness (QED) is 0.765. The van der Waals surface area contributed by atoms with Crippen molar-refractivity contribution in [3.63, 3.8) is 0 Å². The number of hydrogen-bond donors (Lipinski definition) is 1. The molecule has 6 heteroatoms. The molecule has 1 amide bonds. The van der Waals surface area contributed by atoms with E-state index in [0.29, 0.717) is 26.3 Å². The number of carbonyl (C=O) groups is 1. The van der Waals surface area contributed by atoms with Crippen molar-refractivity contribution in [3.8, 4) is 0 Å². The lowest BCUT2D eigenvalue weighted by molar-refractivity contribution is -0.157. The molecule has 2 rings (SSSR count). The number of rotatable bonds is 4. The zero-order chi connectivity index (χ0) is 11.6. The third-order valence-corrected chi connectivity index (χ3v) is 2.67. The highest BCUT2D eigenvalue weighted by Crippen LogP contribution is 2.26. The van der Waals surface area contributed by atoms with Crippen molar-refractivity contribution >= 4 is 5.91 Å². The Morgan fingerprint density at radius 2 is 2.44 bits per heavy atom. The minimum absolute atomic E-state index is 0.0515. The van der Waals surface area contributed by atoms with E-state index in [2.05, 4.69) is 15.6 Å². The molecule has 88 valence electrons. The van der Waals surface area contributed by atoms with Gasteiger partial charge in [-0.15, -0.1) is 5.10 Å². The molecule has 0 aromatic carbocycles. The maximum absolute atomic E-state index is 11.7. The van der Waals surface area contributed by atoms with Gasteiger partial charge in [0.25, 0.3) is 0 Å². The highest BCUT2D eigenvalue weighted by atomic mass is 16.5. The second-order valence-corrected chi connectivity index (χ2v) is 4.43. The average molecular weight is 224 g/mol. The molecular formula is C10H16N4O2. The van der Waals surface area contributed by atoms with Gasteiger partial charge in [0.15, 0.2) is 0 Å². The Hall–Kier alpha value is -1.43. The van der Waals surface area contributed by atoms with E-state index in [0.717, 1.165) is 5.69 Å². The van der Waals surface area contributed by atoms with Gasteiger partial charge in [-0.3, -0.25) is 9.48 Å². The van der Waals surface area contributed by atoms with Crippen LogP contribution < -0.4 is 5.32 Å². The van der Waals surface area contributed by atoms with Gasteiger partial charge in [0, 0.05) is 12.7 Å². The summed E-state index contributed by atoms with van der Waals surface area (Å²) in [5.74, 6) is 0.0515. The van der Waals surface area contributed by atoms with E-state index in [9.17, 15) is 4.79 Å². The number of hydrogen-bond acceptors (Lipinski definition) is 4. The molecule has 2 heterocycles. The van der Waals surface area contributed by atoms with Crippen molar-refractivity contribution in [1.82, 2.24) is 20.3 Å². The van der Waals surface area contributed by atoms with Crippen molar-refractivity contribution in [1.29, 1.82) is 0 Å². The first-order valence-electron chi connectivity index (χ1n) is 5.33. The Morgan fingerprint density at radius 3 is 2.94 bits per heavy atom. The minimum Gasteiger partial charge on any atom is -0.379 e. The third-order valence-electron chi connectivity index (χ3n) is 2.67. The van der Waals surface area contributed by atoms with Crippen molar-refractivity contribution in [3.05, 3.63) is 11.9 Å². The fraction of sp³-hybridized carbons (Fsp3) is 0.700. The van der Waals surface area contributed by atoms with Crippen LogP contribution in [-0.2, 0) is 16.1 Å². The first-order valence-corrected chi connectivity index (χ1v) is 5.33. The molecule has 16 heavy (non-hydrogen) atoms. The Morgan fingerprint density at radius 1 is 1.69 bits per heavy atom. The van der Waals surface area contributed by atoms with E-state index >= 15 is 0 Å². The number of aryl methyl sites for hydroxylation is 1. The molecular weight excluding hydrogens is 208 g/mol. The second kappa shape index (κ2) is 4.21. The lowest BCUT2D eigenvalue weighted by Crippen LogP contribution is -2.52. The highest BCUT2D eigenvalue weighted by molar-refractivity contribution is 5.83. The van der Waals surface area contributed by atoms with Crippen LogP contribution in [-0.4, -0.2) is 40.7 Å². The molecule has 0 bridgehead atoms. The van der Waals surface area contributed by atoms with Gasteiger partial charge < -0.3 is 10.1 Å². The Kier molecular flexibility index (Phi) is 2.91. The fourth-order valence-electron chi connectivity index (χ4n) is 1.54. The molecule has 0 atom stereocenters. The van der Waals surface area contributed by atoms with Gasteiger partial charge in [-0.05, 0) is 13.8 Å². The molecule has 0 aliphatic carbocycles. The summed E-state index contributed by atoms with van der Waals surface area (Å²) in [6, 6.07) is 0. The SMILES string of the molecule is Cc1cn(CCNC(=O)C2(C)COC2)nn1. The van der Waals surface area contributed by atoms with Gasteiger partial charge in [0.1, 0.15) is 0 Å². The Bertz CT molecular complexity index is 384. The van der Waals surface area contributed by atoms with Gasteiger partial charge in [0.05, 0.1) is 30.9 Å². The van der Waals surface area contributed by atoms with Gasteiger partial charge in [0.2, 0.25) is 5.91 Å². The smallest absolute Gasteiger partial charge is 0.230 e. The van der Waals surface area contributed by atoms with Crippen LogP contribution in [0.5, 0.6) is 0 Å². The molecule has 0 spiro atoms. The van der Waals surface area contributed by atoms with Crippen LogP contribution in [0.3, 0.4) is 0 Å². The Balaban J connectivity index is 1.74. The van der Waals surface area contributed by atoms with E-state index in [4.69, 9.17) is 4.74 Å². The molecule has 1 aromatic rings. The number of ether oxygens (including phenoxy) is 1. The predicted molar refractivity (Wildman–Crippen MR) is 56.7 cm³/mol. The van der Waals surface area contributed by atoms with Crippen LogP contribution in [0.25, 0.3) is 0 Å². The maximum atomic E-state index is 11.7. The van der Waals surface area contributed by atoms with Crippen LogP contribution in [0.4, 0.5) is 0 Å². The number of nitrogens with one attached hydrogen (secondary N) is 1. The summed E-state index contributed by atoms with van der Waals surface area (Å²) in [5.41, 5.74) is 0.545. The topological polar surface area (TPSA) is 69.0 Å². The van der Waals surface area contributed by atoms with Crippen molar-refractivity contribution in [2.45, 2.75) is 20.4 Å². The summed E-state index contributed by atoms with van der Waals surface area (Å²) in [5, 5.41) is 10.6. The molecule has 1 fully saturated rings. The van der Waals surface area contributed by atoms with Crippen molar-refractivity contribution in [2.75, 3.05) is 19.8 Å². The minimum atomic E-state index is -0.335. The van der Waals surface area contributed by atoms with E-state index in [-0.39, 0.29) is 11.3 Å². The number of nitrogens with zero attached hydrogens (tertiary/aromatic N) is 3. The van der Waals surface area contributed by atoms with Gasteiger partial charge in [-0.25, -0.2) is 0 Å². The van der Waals surface area contributed by atoms with Crippen LogP contribution in [0.1, 0.15) is 12.6 Å². The van der Waals surface area contributed by atoms with Crippen molar-refractivity contribution in [2.24, 2.45) is 5.41 Å². The summed E-state index contributed by atoms with van der Waals surface area (Å²) in [7, 11) is 0. The summed E-state index contributed by atoms with van der Waals surface area (Å²) < 4.78 is 6.76. The number of aromatic nitrogens is 3. The first-order chi connectivity index (χ1) is 7.60. The number of carbonyl (C=O) groups excluding carboxylic acids is 1. The molecule has 1 aliphatic heterocycles. The maximum Gasteiger partial charge on any atom is 0.230 e. The standard InChI is InChI=1S/C10H16N4O2/c1-8-5-14(13-12-8)4-3-11-9(15)10(2)6-16-7-10/h5H,3-4,6-7H2,1-2H3,(H,11,15). The van der Waals surface area contributed by atoms with Gasteiger partial charge >= 0.3 is 0 Å². The lowest BCUT2D eigenvalue weighted by Gasteiger charge is -2.36. The number of amides is 1. The summed E-state index contributed by atoms with van der Waals surface area (Å²) in [6.45, 7) is 6.03. The normalized spacial score (nSPS) is 17.9.